The Morgan fingerprint density at radius 3 is 2.00 bits per heavy atom. The lowest BCUT2D eigenvalue weighted by atomic mass is 10.0. The average Bonchev–Trinajstić information content (AvgIpc) is 2.46. The van der Waals surface area contributed by atoms with E-state index in [9.17, 15) is 4.79 Å². The first kappa shape index (κ1) is 14.2. The minimum Gasteiger partial charge on any atom is -0.394 e. The van der Waals surface area contributed by atoms with Gasteiger partial charge in [-0.25, -0.2) is 0 Å². The van der Waals surface area contributed by atoms with Crippen LogP contribution in [-0.2, 0) is 0 Å². The minimum atomic E-state index is -0.401. The van der Waals surface area contributed by atoms with Gasteiger partial charge in [-0.05, 0) is 52.4 Å². The van der Waals surface area contributed by atoms with E-state index in [2.05, 4.69) is 22.6 Å². The molecule has 4 heteroatoms. The van der Waals surface area contributed by atoms with E-state index in [1.807, 2.05) is 24.3 Å². The van der Waals surface area contributed by atoms with Crippen molar-refractivity contribution < 1.29 is 9.90 Å². The zero-order valence-corrected chi connectivity index (χ0v) is 12.4. The molecule has 19 heavy (non-hydrogen) atoms. The molecule has 0 aliphatic carbocycles. The van der Waals surface area contributed by atoms with Gasteiger partial charge in [-0.15, -0.1) is 0 Å². The molecule has 0 saturated heterocycles. The molecule has 0 aliphatic rings. The third kappa shape index (κ3) is 3.40. The van der Waals surface area contributed by atoms with E-state index in [1.165, 1.54) is 0 Å². The van der Waals surface area contributed by atoms with Gasteiger partial charge in [-0.2, -0.15) is 0 Å². The van der Waals surface area contributed by atoms with Gasteiger partial charge in [-0.1, -0.05) is 24.3 Å². The summed E-state index contributed by atoms with van der Waals surface area (Å²) in [5, 5.41) is 8.98. The van der Waals surface area contributed by atoms with Gasteiger partial charge in [-0.3, -0.25) is 4.79 Å². The Kier molecular flexibility index (Phi) is 4.68. The molecule has 0 bridgehead atoms. The molecule has 0 aliphatic heterocycles. The number of rotatable bonds is 4. The lowest BCUT2D eigenvalue weighted by Crippen LogP contribution is -2.14. The summed E-state index contributed by atoms with van der Waals surface area (Å²) in [4.78, 5) is 12.2. The molecule has 1 atom stereocenters. The zero-order valence-electron chi connectivity index (χ0n) is 10.2. The lowest BCUT2D eigenvalue weighted by Gasteiger charge is -2.09. The van der Waals surface area contributed by atoms with Crippen LogP contribution in [0, 0.1) is 3.57 Å². The van der Waals surface area contributed by atoms with Crippen molar-refractivity contribution in [3.63, 3.8) is 0 Å². The molecule has 0 heterocycles. The van der Waals surface area contributed by atoms with Crippen LogP contribution < -0.4 is 5.73 Å². The second-order valence-electron chi connectivity index (χ2n) is 4.25. The first-order valence-electron chi connectivity index (χ1n) is 5.88. The van der Waals surface area contributed by atoms with Crippen molar-refractivity contribution in [2.75, 3.05) is 6.61 Å². The van der Waals surface area contributed by atoms with Gasteiger partial charge in [0.25, 0.3) is 0 Å². The molecule has 1 unspecified atom stereocenters. The highest BCUT2D eigenvalue weighted by Crippen LogP contribution is 2.15. The van der Waals surface area contributed by atoms with E-state index in [-0.39, 0.29) is 12.4 Å². The molecule has 2 rings (SSSR count). The fourth-order valence-corrected chi connectivity index (χ4v) is 2.11. The number of hydrogen-bond donors (Lipinski definition) is 2. The quantitative estimate of drug-likeness (QED) is 0.645. The highest BCUT2D eigenvalue weighted by Gasteiger charge is 2.10. The van der Waals surface area contributed by atoms with Gasteiger partial charge in [0, 0.05) is 14.7 Å². The van der Waals surface area contributed by atoms with Crippen LogP contribution in [0.4, 0.5) is 0 Å². The summed E-state index contributed by atoms with van der Waals surface area (Å²) in [5.74, 6) is -0.0134. The Morgan fingerprint density at radius 2 is 1.53 bits per heavy atom. The smallest absolute Gasteiger partial charge is 0.193 e. The van der Waals surface area contributed by atoms with E-state index in [1.54, 1.807) is 24.3 Å². The van der Waals surface area contributed by atoms with Crippen LogP contribution in [0.25, 0.3) is 0 Å². The highest BCUT2D eigenvalue weighted by molar-refractivity contribution is 14.1. The van der Waals surface area contributed by atoms with Gasteiger partial charge < -0.3 is 10.8 Å². The maximum atomic E-state index is 12.2. The highest BCUT2D eigenvalue weighted by atomic mass is 127. The Morgan fingerprint density at radius 1 is 1.05 bits per heavy atom. The Bertz CT molecular complexity index is 564. The van der Waals surface area contributed by atoms with Crippen LogP contribution in [-0.4, -0.2) is 17.5 Å². The fourth-order valence-electron chi connectivity index (χ4n) is 1.76. The van der Waals surface area contributed by atoms with Crippen LogP contribution >= 0.6 is 22.6 Å². The summed E-state index contributed by atoms with van der Waals surface area (Å²) in [6.07, 6.45) is 0. The molecule has 2 aromatic rings. The average molecular weight is 367 g/mol. The van der Waals surface area contributed by atoms with Gasteiger partial charge in [0.2, 0.25) is 0 Å². The molecular weight excluding hydrogens is 353 g/mol. The van der Waals surface area contributed by atoms with Gasteiger partial charge in [0.15, 0.2) is 5.78 Å². The van der Waals surface area contributed by atoms with E-state index in [0.29, 0.717) is 11.1 Å². The van der Waals surface area contributed by atoms with Crippen LogP contribution in [0.5, 0.6) is 0 Å². The molecule has 0 spiro atoms. The molecule has 98 valence electrons. The number of ketones is 1. The van der Waals surface area contributed by atoms with Crippen molar-refractivity contribution in [2.45, 2.75) is 6.04 Å². The number of carbonyl (C=O) groups is 1. The van der Waals surface area contributed by atoms with Crippen molar-refractivity contribution in [1.29, 1.82) is 0 Å². The van der Waals surface area contributed by atoms with Crippen LogP contribution in [0.15, 0.2) is 48.5 Å². The molecule has 0 radical (unpaired) electrons. The van der Waals surface area contributed by atoms with Crippen LogP contribution in [0.3, 0.4) is 0 Å². The molecule has 2 aromatic carbocycles. The summed E-state index contributed by atoms with van der Waals surface area (Å²) in [6.45, 7) is -0.107. The number of halogens is 1. The van der Waals surface area contributed by atoms with Crippen LogP contribution in [0.2, 0.25) is 0 Å². The first-order valence-corrected chi connectivity index (χ1v) is 6.96. The Labute approximate surface area is 125 Å². The van der Waals surface area contributed by atoms with Crippen LogP contribution in [0.1, 0.15) is 27.5 Å². The third-order valence-corrected chi connectivity index (χ3v) is 3.62. The molecule has 0 saturated carbocycles. The van der Waals surface area contributed by atoms with Crippen molar-refractivity contribution in [2.24, 2.45) is 5.73 Å². The molecule has 0 aromatic heterocycles. The Hall–Kier alpha value is -1.24. The summed E-state index contributed by atoms with van der Waals surface area (Å²) >= 11 is 2.20. The van der Waals surface area contributed by atoms with Crippen molar-refractivity contribution in [1.82, 2.24) is 0 Å². The van der Waals surface area contributed by atoms with E-state index >= 15 is 0 Å². The second-order valence-corrected chi connectivity index (χ2v) is 5.49. The second kappa shape index (κ2) is 6.27. The number of benzene rings is 2. The van der Waals surface area contributed by atoms with E-state index in [0.717, 1.165) is 9.13 Å². The topological polar surface area (TPSA) is 63.3 Å². The van der Waals surface area contributed by atoms with Gasteiger partial charge >= 0.3 is 0 Å². The summed E-state index contributed by atoms with van der Waals surface area (Å²) in [7, 11) is 0. The molecular formula is C15H14INO2. The summed E-state index contributed by atoms with van der Waals surface area (Å²) < 4.78 is 1.10. The maximum absolute atomic E-state index is 12.2. The fraction of sp³-hybridized carbons (Fsp3) is 0.133. The van der Waals surface area contributed by atoms with Crippen molar-refractivity contribution >= 4 is 28.4 Å². The van der Waals surface area contributed by atoms with Crippen molar-refractivity contribution in [3.05, 3.63) is 68.8 Å². The number of aliphatic hydroxyl groups excluding tert-OH is 1. The minimum absolute atomic E-state index is 0.0134. The standard InChI is InChI=1S/C15H14INO2/c16-13-7-5-12(6-8-13)15(19)11-3-1-10(2-4-11)14(17)9-18/h1-8,14,18H,9,17H2. The summed E-state index contributed by atoms with van der Waals surface area (Å²) in [5.41, 5.74) is 7.82. The third-order valence-electron chi connectivity index (χ3n) is 2.90. The van der Waals surface area contributed by atoms with Gasteiger partial charge in [0.1, 0.15) is 0 Å². The SMILES string of the molecule is NC(CO)c1ccc(C(=O)c2ccc(I)cc2)cc1. The largest absolute Gasteiger partial charge is 0.394 e. The maximum Gasteiger partial charge on any atom is 0.193 e. The zero-order chi connectivity index (χ0) is 13.8. The van der Waals surface area contributed by atoms with E-state index < -0.39 is 6.04 Å². The Balaban J connectivity index is 2.22. The molecule has 0 amide bonds. The number of carbonyl (C=O) groups excluding carboxylic acids is 1. The molecule has 3 N–H and O–H groups in total. The monoisotopic (exact) mass is 367 g/mol. The first-order chi connectivity index (χ1) is 9.11. The number of aliphatic hydroxyl groups is 1. The van der Waals surface area contributed by atoms with Gasteiger partial charge in [0.05, 0.1) is 12.6 Å². The van der Waals surface area contributed by atoms with Crippen molar-refractivity contribution in [3.8, 4) is 0 Å². The lowest BCUT2D eigenvalue weighted by molar-refractivity contribution is 0.103. The predicted octanol–water partition coefficient (Wildman–Crippen LogP) is 2.51. The number of nitrogens with two attached hydrogens (primary N) is 1. The summed E-state index contributed by atoms with van der Waals surface area (Å²) in [6, 6.07) is 14.1. The normalized spacial score (nSPS) is 12.2. The predicted molar refractivity (Wildman–Crippen MR) is 83.0 cm³/mol. The molecule has 0 fully saturated rings. The number of hydrogen-bond acceptors (Lipinski definition) is 3. The van der Waals surface area contributed by atoms with E-state index in [4.69, 9.17) is 10.8 Å². The molecule has 3 nitrogen and oxygen atoms in total.